The van der Waals surface area contributed by atoms with E-state index in [9.17, 15) is 23.5 Å². The van der Waals surface area contributed by atoms with Crippen molar-refractivity contribution in [3.63, 3.8) is 0 Å². The van der Waals surface area contributed by atoms with Crippen LogP contribution in [0.4, 0.5) is 19.3 Å². The molecular weight excluding hydrogens is 456 g/mol. The zero-order chi connectivity index (χ0) is 25.3. The number of fused-ring (bicyclic) bond motifs is 1. The molecule has 0 radical (unpaired) electrons. The molecule has 0 atom stereocenters. The number of phenolic OH excluding ortho intramolecular Hbond substituents is 1. The third kappa shape index (κ3) is 5.18. The highest BCUT2D eigenvalue weighted by atomic mass is 19.1. The van der Waals surface area contributed by atoms with Crippen LogP contribution < -0.4 is 10.6 Å². The summed E-state index contributed by atoms with van der Waals surface area (Å²) in [5.74, 6) is -3.51. The fourth-order valence-electron chi connectivity index (χ4n) is 4.52. The molecule has 2 aromatic carbocycles. The number of amides is 1. The Labute approximate surface area is 201 Å². The van der Waals surface area contributed by atoms with Crippen LogP contribution in [0.5, 0.6) is 5.75 Å². The highest BCUT2D eigenvalue weighted by Gasteiger charge is 2.25. The predicted molar refractivity (Wildman–Crippen MR) is 129 cm³/mol. The Morgan fingerprint density at radius 1 is 1.00 bits per heavy atom. The summed E-state index contributed by atoms with van der Waals surface area (Å²) in [6.07, 6.45) is 3.25. The van der Waals surface area contributed by atoms with Gasteiger partial charge in [-0.3, -0.25) is 9.78 Å². The highest BCUT2D eigenvalue weighted by Crippen LogP contribution is 2.35. The molecule has 9 heteroatoms. The number of phenols is 1. The van der Waals surface area contributed by atoms with E-state index in [4.69, 9.17) is 5.11 Å². The first-order valence-electron chi connectivity index (χ1n) is 11.6. The number of anilines is 1. The van der Waals surface area contributed by atoms with Crippen molar-refractivity contribution in [2.75, 3.05) is 5.32 Å². The van der Waals surface area contributed by atoms with Gasteiger partial charge in [0.15, 0.2) is 23.2 Å². The number of rotatable bonds is 6. The van der Waals surface area contributed by atoms with Gasteiger partial charge < -0.3 is 20.8 Å². The standard InChI is InChI=1S/C26H27F2N3O4/c1-13(2)24(32)19-12-29-22-8-3-14(15-10-20(27)25(33)21(28)11-15)9-18(22)23(19)30-16-4-6-17(7-5-16)31-26(34)35/h3,8-13,16-17,31,33H,4-7H2,1-2H3,(H,29,30)(H,34,35). The van der Waals surface area contributed by atoms with Crippen LogP contribution in [0.25, 0.3) is 22.0 Å². The van der Waals surface area contributed by atoms with E-state index in [0.717, 1.165) is 12.1 Å². The number of pyridine rings is 1. The lowest BCUT2D eigenvalue weighted by molar-refractivity contribution is 0.0939. The van der Waals surface area contributed by atoms with Crippen LogP contribution in [-0.4, -0.2) is 39.2 Å². The minimum Gasteiger partial charge on any atom is -0.503 e. The third-order valence-electron chi connectivity index (χ3n) is 6.41. The molecule has 7 nitrogen and oxygen atoms in total. The van der Waals surface area contributed by atoms with Crippen molar-refractivity contribution in [1.29, 1.82) is 0 Å². The second-order valence-electron chi connectivity index (χ2n) is 9.23. The average molecular weight is 484 g/mol. The van der Waals surface area contributed by atoms with E-state index >= 15 is 0 Å². The van der Waals surface area contributed by atoms with Crippen molar-refractivity contribution in [2.45, 2.75) is 51.6 Å². The van der Waals surface area contributed by atoms with Crippen molar-refractivity contribution >= 4 is 28.5 Å². The SMILES string of the molecule is CC(C)C(=O)c1cnc2ccc(-c3cc(F)c(O)c(F)c3)cc2c1NC1CCC(NC(=O)O)CC1. The number of carboxylic acid groups (broad SMARTS) is 1. The molecule has 0 saturated heterocycles. The molecule has 3 aromatic rings. The number of halogens is 2. The molecule has 1 amide bonds. The predicted octanol–water partition coefficient (Wildman–Crippen LogP) is 5.72. The summed E-state index contributed by atoms with van der Waals surface area (Å²) < 4.78 is 28.0. The number of hydrogen-bond acceptors (Lipinski definition) is 5. The maximum atomic E-state index is 14.0. The van der Waals surface area contributed by atoms with Gasteiger partial charge in [-0.25, -0.2) is 13.6 Å². The fraction of sp³-hybridized carbons (Fsp3) is 0.346. The fourth-order valence-corrected chi connectivity index (χ4v) is 4.52. The molecule has 0 unspecified atom stereocenters. The summed E-state index contributed by atoms with van der Waals surface area (Å²) in [6.45, 7) is 3.61. The Morgan fingerprint density at radius 3 is 2.23 bits per heavy atom. The number of carbonyl (C=O) groups excluding carboxylic acids is 1. The zero-order valence-electron chi connectivity index (χ0n) is 19.4. The molecule has 184 valence electrons. The van der Waals surface area contributed by atoms with Gasteiger partial charge in [0.2, 0.25) is 0 Å². The molecule has 1 fully saturated rings. The molecular formula is C26H27F2N3O4. The lowest BCUT2D eigenvalue weighted by Gasteiger charge is -2.30. The number of Topliss-reactive ketones (excluding diaryl/α,β-unsaturated/α-hetero) is 1. The summed E-state index contributed by atoms with van der Waals surface area (Å²) in [5, 5.41) is 25.1. The van der Waals surface area contributed by atoms with Crippen molar-refractivity contribution in [2.24, 2.45) is 5.92 Å². The Morgan fingerprint density at radius 2 is 1.63 bits per heavy atom. The van der Waals surface area contributed by atoms with Gasteiger partial charge in [-0.1, -0.05) is 19.9 Å². The maximum absolute atomic E-state index is 14.0. The van der Waals surface area contributed by atoms with Crippen molar-refractivity contribution < 1.29 is 28.6 Å². The second kappa shape index (κ2) is 9.85. The van der Waals surface area contributed by atoms with E-state index in [1.165, 1.54) is 0 Å². The van der Waals surface area contributed by atoms with E-state index in [0.29, 0.717) is 53.4 Å². The minimum absolute atomic E-state index is 0.0124. The summed E-state index contributed by atoms with van der Waals surface area (Å²) in [7, 11) is 0. The van der Waals surface area contributed by atoms with Crippen LogP contribution in [0.15, 0.2) is 36.5 Å². The number of ketones is 1. The van der Waals surface area contributed by atoms with Crippen LogP contribution in [-0.2, 0) is 0 Å². The van der Waals surface area contributed by atoms with Gasteiger partial charge in [0, 0.05) is 29.6 Å². The summed E-state index contributed by atoms with van der Waals surface area (Å²) in [4.78, 5) is 28.4. The molecule has 1 aromatic heterocycles. The number of aromatic nitrogens is 1. The number of nitrogens with one attached hydrogen (secondary N) is 2. The van der Waals surface area contributed by atoms with Gasteiger partial charge >= 0.3 is 6.09 Å². The molecule has 1 saturated carbocycles. The molecule has 4 N–H and O–H groups in total. The Bertz CT molecular complexity index is 1260. The topological polar surface area (TPSA) is 112 Å². The normalized spacial score (nSPS) is 18.0. The number of aromatic hydroxyl groups is 1. The van der Waals surface area contributed by atoms with E-state index in [-0.39, 0.29) is 29.3 Å². The smallest absolute Gasteiger partial charge is 0.404 e. The van der Waals surface area contributed by atoms with Crippen molar-refractivity contribution in [3.05, 3.63) is 53.7 Å². The lowest BCUT2D eigenvalue weighted by Crippen LogP contribution is -2.39. The molecule has 0 aliphatic heterocycles. The highest BCUT2D eigenvalue weighted by molar-refractivity contribution is 6.09. The van der Waals surface area contributed by atoms with E-state index < -0.39 is 23.5 Å². The van der Waals surface area contributed by atoms with Crippen molar-refractivity contribution in [1.82, 2.24) is 10.3 Å². The van der Waals surface area contributed by atoms with E-state index in [1.807, 2.05) is 0 Å². The quantitative estimate of drug-likeness (QED) is 0.334. The first-order valence-corrected chi connectivity index (χ1v) is 11.6. The molecule has 0 bridgehead atoms. The zero-order valence-corrected chi connectivity index (χ0v) is 19.4. The first kappa shape index (κ1) is 24.4. The Hall–Kier alpha value is -3.75. The largest absolute Gasteiger partial charge is 0.503 e. The van der Waals surface area contributed by atoms with Crippen LogP contribution in [0.2, 0.25) is 0 Å². The monoisotopic (exact) mass is 483 g/mol. The Balaban J connectivity index is 1.75. The van der Waals surface area contributed by atoms with Crippen LogP contribution >= 0.6 is 0 Å². The molecule has 4 rings (SSSR count). The van der Waals surface area contributed by atoms with Crippen LogP contribution in [0.3, 0.4) is 0 Å². The Kier molecular flexibility index (Phi) is 6.86. The lowest BCUT2D eigenvalue weighted by atomic mass is 9.90. The molecule has 1 aliphatic carbocycles. The summed E-state index contributed by atoms with van der Waals surface area (Å²) in [6, 6.07) is 7.14. The van der Waals surface area contributed by atoms with Gasteiger partial charge in [0.1, 0.15) is 0 Å². The average Bonchev–Trinajstić information content (AvgIpc) is 2.82. The van der Waals surface area contributed by atoms with Gasteiger partial charge in [0.25, 0.3) is 0 Å². The molecule has 1 aliphatic rings. The van der Waals surface area contributed by atoms with Gasteiger partial charge in [-0.05, 0) is 61.1 Å². The maximum Gasteiger partial charge on any atom is 0.404 e. The third-order valence-corrected chi connectivity index (χ3v) is 6.41. The number of carbonyl (C=O) groups is 2. The second-order valence-corrected chi connectivity index (χ2v) is 9.23. The minimum atomic E-state index is -1.06. The van der Waals surface area contributed by atoms with Gasteiger partial charge in [0.05, 0.1) is 16.8 Å². The van der Waals surface area contributed by atoms with E-state index in [1.54, 1.807) is 38.2 Å². The number of hydrogen-bond donors (Lipinski definition) is 4. The number of benzene rings is 2. The molecule has 0 spiro atoms. The number of nitrogens with zero attached hydrogens (tertiary/aromatic N) is 1. The van der Waals surface area contributed by atoms with Gasteiger partial charge in [-0.2, -0.15) is 0 Å². The van der Waals surface area contributed by atoms with Gasteiger partial charge in [-0.15, -0.1) is 0 Å². The van der Waals surface area contributed by atoms with E-state index in [2.05, 4.69) is 15.6 Å². The van der Waals surface area contributed by atoms with Crippen LogP contribution in [0.1, 0.15) is 49.9 Å². The molecule has 1 heterocycles. The van der Waals surface area contributed by atoms with Crippen LogP contribution in [0, 0.1) is 17.6 Å². The summed E-state index contributed by atoms with van der Waals surface area (Å²) in [5.41, 5.74) is 2.39. The molecule has 35 heavy (non-hydrogen) atoms. The van der Waals surface area contributed by atoms with Crippen molar-refractivity contribution in [3.8, 4) is 16.9 Å². The summed E-state index contributed by atoms with van der Waals surface area (Å²) >= 11 is 0. The first-order chi connectivity index (χ1) is 16.6.